The highest BCUT2D eigenvalue weighted by Gasteiger charge is 2.15. The van der Waals surface area contributed by atoms with Gasteiger partial charge in [0.05, 0.1) is 0 Å². The number of amides is 2. The van der Waals surface area contributed by atoms with E-state index in [0.29, 0.717) is 18.2 Å². The Bertz CT molecular complexity index is 516. The molecular formula is C16H22FN3O2. The summed E-state index contributed by atoms with van der Waals surface area (Å²) in [6.45, 7) is 1.48. The van der Waals surface area contributed by atoms with Gasteiger partial charge in [-0.3, -0.25) is 9.59 Å². The molecule has 2 amide bonds. The van der Waals surface area contributed by atoms with E-state index in [1.165, 1.54) is 18.9 Å². The molecule has 1 heterocycles. The van der Waals surface area contributed by atoms with Crippen LogP contribution in [-0.2, 0) is 16.1 Å². The molecule has 1 fully saturated rings. The molecule has 0 spiro atoms. The third-order valence-corrected chi connectivity index (χ3v) is 3.79. The molecule has 1 aromatic carbocycles. The van der Waals surface area contributed by atoms with Crippen molar-refractivity contribution < 1.29 is 14.0 Å². The first-order chi connectivity index (χ1) is 10.7. The van der Waals surface area contributed by atoms with Gasteiger partial charge in [-0.1, -0.05) is 24.6 Å². The SMILES string of the molecule is O=C(NCC[C@H]1CCCCN1)C(=O)NCc1ccccc1F. The molecule has 1 aromatic rings. The van der Waals surface area contributed by atoms with Crippen molar-refractivity contribution in [2.75, 3.05) is 13.1 Å². The van der Waals surface area contributed by atoms with E-state index >= 15 is 0 Å². The van der Waals surface area contributed by atoms with Crippen molar-refractivity contribution in [3.05, 3.63) is 35.6 Å². The number of piperidine rings is 1. The highest BCUT2D eigenvalue weighted by atomic mass is 19.1. The third-order valence-electron chi connectivity index (χ3n) is 3.79. The van der Waals surface area contributed by atoms with Crippen molar-refractivity contribution >= 4 is 11.8 Å². The van der Waals surface area contributed by atoms with Gasteiger partial charge in [0.25, 0.3) is 0 Å². The Morgan fingerprint density at radius 2 is 1.95 bits per heavy atom. The van der Waals surface area contributed by atoms with Crippen LogP contribution in [-0.4, -0.2) is 30.9 Å². The van der Waals surface area contributed by atoms with E-state index in [4.69, 9.17) is 0 Å². The Hall–Kier alpha value is -1.95. The Morgan fingerprint density at radius 1 is 1.18 bits per heavy atom. The summed E-state index contributed by atoms with van der Waals surface area (Å²) in [5, 5.41) is 8.40. The fraction of sp³-hybridized carbons (Fsp3) is 0.500. The lowest BCUT2D eigenvalue weighted by Crippen LogP contribution is -2.42. The van der Waals surface area contributed by atoms with Crippen LogP contribution in [0.2, 0.25) is 0 Å². The van der Waals surface area contributed by atoms with E-state index in [9.17, 15) is 14.0 Å². The van der Waals surface area contributed by atoms with Crippen LogP contribution >= 0.6 is 0 Å². The van der Waals surface area contributed by atoms with Gasteiger partial charge in [0.15, 0.2) is 0 Å². The Labute approximate surface area is 129 Å². The minimum Gasteiger partial charge on any atom is -0.348 e. The molecule has 1 saturated heterocycles. The molecule has 0 bridgehead atoms. The summed E-state index contributed by atoms with van der Waals surface area (Å²) < 4.78 is 13.4. The first-order valence-electron chi connectivity index (χ1n) is 7.69. The number of rotatable bonds is 5. The molecule has 0 aromatic heterocycles. The second kappa shape index (κ2) is 8.48. The van der Waals surface area contributed by atoms with Gasteiger partial charge in [-0.15, -0.1) is 0 Å². The molecule has 120 valence electrons. The van der Waals surface area contributed by atoms with Gasteiger partial charge in [0, 0.05) is 24.7 Å². The summed E-state index contributed by atoms with van der Waals surface area (Å²) in [6.07, 6.45) is 4.32. The quantitative estimate of drug-likeness (QED) is 0.713. The van der Waals surface area contributed by atoms with Crippen molar-refractivity contribution in [1.82, 2.24) is 16.0 Å². The van der Waals surface area contributed by atoms with Crippen LogP contribution in [0.1, 0.15) is 31.2 Å². The summed E-state index contributed by atoms with van der Waals surface area (Å²) in [5.41, 5.74) is 0.357. The molecule has 0 unspecified atom stereocenters. The smallest absolute Gasteiger partial charge is 0.309 e. The minimum absolute atomic E-state index is 0.00308. The van der Waals surface area contributed by atoms with Crippen LogP contribution in [0.3, 0.4) is 0 Å². The topological polar surface area (TPSA) is 70.2 Å². The summed E-state index contributed by atoms with van der Waals surface area (Å²) in [6, 6.07) is 6.56. The van der Waals surface area contributed by atoms with Gasteiger partial charge < -0.3 is 16.0 Å². The molecule has 0 radical (unpaired) electrons. The highest BCUT2D eigenvalue weighted by molar-refractivity contribution is 6.35. The molecule has 3 N–H and O–H groups in total. The summed E-state index contributed by atoms with van der Waals surface area (Å²) in [5.74, 6) is -1.81. The molecule has 1 aliphatic rings. The van der Waals surface area contributed by atoms with Gasteiger partial charge in [-0.05, 0) is 31.9 Å². The molecule has 6 heteroatoms. The van der Waals surface area contributed by atoms with Crippen molar-refractivity contribution in [3.8, 4) is 0 Å². The first-order valence-corrected chi connectivity index (χ1v) is 7.69. The number of hydrogen-bond donors (Lipinski definition) is 3. The van der Waals surface area contributed by atoms with Crippen LogP contribution in [0.4, 0.5) is 4.39 Å². The van der Waals surface area contributed by atoms with E-state index in [0.717, 1.165) is 19.4 Å². The number of nitrogens with one attached hydrogen (secondary N) is 3. The lowest BCUT2D eigenvalue weighted by Gasteiger charge is -2.23. The lowest BCUT2D eigenvalue weighted by atomic mass is 10.0. The standard InChI is InChI=1S/C16H22FN3O2/c17-14-7-2-1-5-12(14)11-20-16(22)15(21)19-10-8-13-6-3-4-9-18-13/h1-2,5,7,13,18H,3-4,6,8-11H2,(H,19,21)(H,20,22)/t13-/m1/s1. The van der Waals surface area contributed by atoms with Crippen LogP contribution in [0.25, 0.3) is 0 Å². The normalized spacial score (nSPS) is 17.8. The van der Waals surface area contributed by atoms with Crippen molar-refractivity contribution in [1.29, 1.82) is 0 Å². The second-order valence-electron chi connectivity index (χ2n) is 5.47. The van der Waals surface area contributed by atoms with E-state index in [1.54, 1.807) is 18.2 Å². The number of hydrogen-bond acceptors (Lipinski definition) is 3. The molecule has 1 atom stereocenters. The summed E-state index contributed by atoms with van der Waals surface area (Å²) in [7, 11) is 0. The lowest BCUT2D eigenvalue weighted by molar-refractivity contribution is -0.139. The fourth-order valence-electron chi connectivity index (χ4n) is 2.51. The average molecular weight is 307 g/mol. The van der Waals surface area contributed by atoms with Gasteiger partial charge in [-0.2, -0.15) is 0 Å². The number of halogens is 1. The van der Waals surface area contributed by atoms with Crippen molar-refractivity contribution in [2.45, 2.75) is 38.3 Å². The molecular weight excluding hydrogens is 285 g/mol. The fourth-order valence-corrected chi connectivity index (χ4v) is 2.51. The zero-order valence-electron chi connectivity index (χ0n) is 12.5. The van der Waals surface area contributed by atoms with Crippen LogP contribution in [0.5, 0.6) is 0 Å². The van der Waals surface area contributed by atoms with Gasteiger partial charge in [0.1, 0.15) is 5.82 Å². The minimum atomic E-state index is -0.736. The Balaban J connectivity index is 1.66. The summed E-state index contributed by atoms with van der Waals surface area (Å²) in [4.78, 5) is 23.3. The Morgan fingerprint density at radius 3 is 2.68 bits per heavy atom. The predicted molar refractivity (Wildman–Crippen MR) is 81.5 cm³/mol. The molecule has 1 aliphatic heterocycles. The maximum absolute atomic E-state index is 13.4. The van der Waals surface area contributed by atoms with E-state index in [2.05, 4.69) is 16.0 Å². The zero-order chi connectivity index (χ0) is 15.8. The monoisotopic (exact) mass is 307 g/mol. The van der Waals surface area contributed by atoms with E-state index in [1.807, 2.05) is 0 Å². The number of carbonyl (C=O) groups excluding carboxylic acids is 2. The van der Waals surface area contributed by atoms with Crippen molar-refractivity contribution in [2.24, 2.45) is 0 Å². The van der Waals surface area contributed by atoms with Crippen LogP contribution in [0, 0.1) is 5.82 Å². The van der Waals surface area contributed by atoms with Gasteiger partial charge >= 0.3 is 11.8 Å². The molecule has 22 heavy (non-hydrogen) atoms. The van der Waals surface area contributed by atoms with Crippen LogP contribution in [0.15, 0.2) is 24.3 Å². The molecule has 2 rings (SSSR count). The van der Waals surface area contributed by atoms with Gasteiger partial charge in [0.2, 0.25) is 0 Å². The van der Waals surface area contributed by atoms with Gasteiger partial charge in [-0.25, -0.2) is 4.39 Å². The third kappa shape index (κ3) is 5.11. The van der Waals surface area contributed by atoms with Crippen LogP contribution < -0.4 is 16.0 Å². The molecule has 0 saturated carbocycles. The maximum Gasteiger partial charge on any atom is 0.309 e. The second-order valence-corrected chi connectivity index (χ2v) is 5.47. The Kier molecular flexibility index (Phi) is 6.33. The first kappa shape index (κ1) is 16.4. The molecule has 5 nitrogen and oxygen atoms in total. The van der Waals surface area contributed by atoms with E-state index in [-0.39, 0.29) is 6.54 Å². The highest BCUT2D eigenvalue weighted by Crippen LogP contribution is 2.09. The van der Waals surface area contributed by atoms with Crippen molar-refractivity contribution in [3.63, 3.8) is 0 Å². The number of carbonyl (C=O) groups is 2. The molecule has 0 aliphatic carbocycles. The largest absolute Gasteiger partial charge is 0.348 e. The predicted octanol–water partition coefficient (Wildman–Crippen LogP) is 1.09. The van der Waals surface area contributed by atoms with E-state index < -0.39 is 17.6 Å². The zero-order valence-corrected chi connectivity index (χ0v) is 12.5. The maximum atomic E-state index is 13.4. The summed E-state index contributed by atoms with van der Waals surface area (Å²) >= 11 is 0. The average Bonchev–Trinajstić information content (AvgIpc) is 2.54. The number of benzene rings is 1.